The number of alkyl halides is 3. The summed E-state index contributed by atoms with van der Waals surface area (Å²) in [5.74, 6) is -1.88. The number of hydrogen-bond donors (Lipinski definition) is 0. The van der Waals surface area contributed by atoms with Crippen molar-refractivity contribution in [2.45, 2.75) is 6.18 Å². The molecule has 0 spiro atoms. The van der Waals surface area contributed by atoms with Gasteiger partial charge in [-0.05, 0) is 9.91 Å². The van der Waals surface area contributed by atoms with Crippen LogP contribution in [0.2, 0.25) is 0 Å². The van der Waals surface area contributed by atoms with Crippen LogP contribution in [0, 0.1) is 10.1 Å². The van der Waals surface area contributed by atoms with E-state index in [-0.39, 0.29) is 0 Å². The van der Waals surface area contributed by atoms with Gasteiger partial charge >= 0.3 is 12.0 Å². The number of rotatable bonds is 2. The molecule has 1 rings (SSSR count). The fourth-order valence-electron chi connectivity index (χ4n) is 1.01. The van der Waals surface area contributed by atoms with E-state index in [9.17, 15) is 23.3 Å². The Hall–Kier alpha value is -1.86. The average molecular weight is 222 g/mol. The highest BCUT2D eigenvalue weighted by atomic mass is 19.4. The van der Waals surface area contributed by atoms with Crippen molar-refractivity contribution in [2.24, 2.45) is 0 Å². The summed E-state index contributed by atoms with van der Waals surface area (Å²) in [6.45, 7) is 0. The van der Waals surface area contributed by atoms with Gasteiger partial charge in [0.25, 0.3) is 0 Å². The van der Waals surface area contributed by atoms with E-state index in [1.807, 2.05) is 0 Å². The molecule has 0 aromatic carbocycles. The first-order chi connectivity index (χ1) is 6.88. The molecule has 1 aromatic rings. The smallest absolute Gasteiger partial charge is 0.428 e. The lowest BCUT2D eigenvalue weighted by molar-refractivity contribution is -0.392. The summed E-state index contributed by atoms with van der Waals surface area (Å²) in [6.07, 6.45) is -3.99. The van der Waals surface area contributed by atoms with Crippen LogP contribution in [-0.4, -0.2) is 17.0 Å². The van der Waals surface area contributed by atoms with E-state index in [1.54, 1.807) is 0 Å². The lowest BCUT2D eigenvalue weighted by Crippen LogP contribution is -2.12. The minimum Gasteiger partial charge on any atom is -0.496 e. The molecule has 15 heavy (non-hydrogen) atoms. The number of nitrogens with zero attached hydrogens (tertiary/aromatic N) is 2. The summed E-state index contributed by atoms with van der Waals surface area (Å²) < 4.78 is 41.7. The number of nitro groups is 1. The molecule has 82 valence electrons. The molecule has 0 saturated carbocycles. The molecule has 0 aliphatic heterocycles. The molecule has 0 unspecified atom stereocenters. The predicted molar refractivity (Wildman–Crippen MR) is 42.4 cm³/mol. The van der Waals surface area contributed by atoms with Crippen molar-refractivity contribution in [1.29, 1.82) is 0 Å². The van der Waals surface area contributed by atoms with Crippen molar-refractivity contribution in [3.8, 4) is 5.75 Å². The highest BCUT2D eigenvalue weighted by Gasteiger charge is 2.42. The topological polar surface area (TPSA) is 65.3 Å². The van der Waals surface area contributed by atoms with Gasteiger partial charge in [-0.1, -0.05) is 0 Å². The van der Waals surface area contributed by atoms with E-state index in [2.05, 4.69) is 9.72 Å². The van der Waals surface area contributed by atoms with Crippen molar-refractivity contribution in [2.75, 3.05) is 7.11 Å². The molecule has 0 radical (unpaired) electrons. The monoisotopic (exact) mass is 222 g/mol. The van der Waals surface area contributed by atoms with Crippen LogP contribution in [0.3, 0.4) is 0 Å². The Morgan fingerprint density at radius 2 is 2.13 bits per heavy atom. The zero-order chi connectivity index (χ0) is 11.6. The third-order valence-electron chi connectivity index (χ3n) is 1.57. The van der Waals surface area contributed by atoms with E-state index < -0.39 is 28.2 Å². The number of hydrogen-bond acceptors (Lipinski definition) is 4. The minimum absolute atomic E-state index is 0.621. The fourth-order valence-corrected chi connectivity index (χ4v) is 1.01. The van der Waals surface area contributed by atoms with Gasteiger partial charge in [0.05, 0.1) is 7.11 Å². The number of ether oxygens (including phenoxy) is 1. The average Bonchev–Trinajstić information content (AvgIpc) is 2.15. The van der Waals surface area contributed by atoms with Crippen LogP contribution in [0.4, 0.5) is 19.0 Å². The van der Waals surface area contributed by atoms with Crippen molar-refractivity contribution in [3.05, 3.63) is 27.9 Å². The van der Waals surface area contributed by atoms with Gasteiger partial charge in [-0.25, -0.2) is 0 Å². The molecule has 0 bridgehead atoms. The van der Waals surface area contributed by atoms with E-state index in [0.29, 0.717) is 0 Å². The molecule has 1 aromatic heterocycles. The first-order valence-electron chi connectivity index (χ1n) is 3.62. The van der Waals surface area contributed by atoms with Gasteiger partial charge in [-0.15, -0.1) is 0 Å². The van der Waals surface area contributed by atoms with Gasteiger partial charge in [0.1, 0.15) is 11.9 Å². The van der Waals surface area contributed by atoms with Crippen LogP contribution in [0.1, 0.15) is 5.56 Å². The van der Waals surface area contributed by atoms with E-state index in [0.717, 1.165) is 19.4 Å². The molecule has 0 aliphatic rings. The second kappa shape index (κ2) is 3.71. The Morgan fingerprint density at radius 1 is 1.53 bits per heavy atom. The van der Waals surface area contributed by atoms with Crippen LogP contribution >= 0.6 is 0 Å². The van der Waals surface area contributed by atoms with Crippen LogP contribution in [-0.2, 0) is 6.18 Å². The number of pyridine rings is 1. The maximum Gasteiger partial charge on any atom is 0.428 e. The zero-order valence-electron chi connectivity index (χ0n) is 7.41. The summed E-state index contributed by atoms with van der Waals surface area (Å²) in [5, 5.41) is 10.3. The Kier molecular flexibility index (Phi) is 2.78. The van der Waals surface area contributed by atoms with Crippen LogP contribution in [0.5, 0.6) is 5.75 Å². The molecule has 0 N–H and O–H groups in total. The molecule has 8 heteroatoms. The summed E-state index contributed by atoms with van der Waals surface area (Å²) in [4.78, 5) is 12.2. The second-order valence-corrected chi connectivity index (χ2v) is 2.47. The molecule has 5 nitrogen and oxygen atoms in total. The SMILES string of the molecule is COc1ccnc([N+](=O)[O-])c1C(F)(F)F. The number of aromatic nitrogens is 1. The van der Waals surface area contributed by atoms with Gasteiger partial charge in [0.15, 0.2) is 5.56 Å². The normalized spacial score (nSPS) is 11.2. The first-order valence-corrected chi connectivity index (χ1v) is 3.62. The molecule has 0 aliphatic carbocycles. The Labute approximate surface area is 81.6 Å². The van der Waals surface area contributed by atoms with Crippen LogP contribution in [0.25, 0.3) is 0 Å². The Bertz CT molecular complexity index is 392. The van der Waals surface area contributed by atoms with Crippen molar-refractivity contribution in [1.82, 2.24) is 4.98 Å². The van der Waals surface area contributed by atoms with Crippen molar-refractivity contribution < 1.29 is 22.8 Å². The third-order valence-corrected chi connectivity index (χ3v) is 1.57. The molecule has 0 fully saturated rings. The zero-order valence-corrected chi connectivity index (χ0v) is 7.41. The Balaban J connectivity index is 3.47. The van der Waals surface area contributed by atoms with Gasteiger partial charge in [0.2, 0.25) is 0 Å². The predicted octanol–water partition coefficient (Wildman–Crippen LogP) is 2.02. The maximum atomic E-state index is 12.4. The van der Waals surface area contributed by atoms with Crippen molar-refractivity contribution in [3.63, 3.8) is 0 Å². The van der Waals surface area contributed by atoms with Gasteiger partial charge in [-0.2, -0.15) is 13.2 Å². The van der Waals surface area contributed by atoms with E-state index >= 15 is 0 Å². The first kappa shape index (κ1) is 11.2. The molecular weight excluding hydrogens is 217 g/mol. The summed E-state index contributed by atoms with van der Waals surface area (Å²) in [7, 11) is 0.994. The van der Waals surface area contributed by atoms with Gasteiger partial charge in [-0.3, -0.25) is 0 Å². The summed E-state index contributed by atoms with van der Waals surface area (Å²) >= 11 is 0. The largest absolute Gasteiger partial charge is 0.496 e. The third kappa shape index (κ3) is 2.14. The summed E-state index contributed by atoms with van der Waals surface area (Å²) in [6, 6.07) is 0.913. The lowest BCUT2D eigenvalue weighted by Gasteiger charge is -2.10. The molecule has 0 amide bonds. The fraction of sp³-hybridized carbons (Fsp3) is 0.286. The van der Waals surface area contributed by atoms with Crippen LogP contribution < -0.4 is 4.74 Å². The van der Waals surface area contributed by atoms with Crippen molar-refractivity contribution >= 4 is 5.82 Å². The Morgan fingerprint density at radius 3 is 2.53 bits per heavy atom. The molecule has 0 saturated heterocycles. The lowest BCUT2D eigenvalue weighted by atomic mass is 10.2. The number of methoxy groups -OCH3 is 1. The molecular formula is C7H5F3N2O3. The summed E-state index contributed by atoms with van der Waals surface area (Å²) in [5.41, 5.74) is -1.47. The quantitative estimate of drug-likeness (QED) is 0.567. The second-order valence-electron chi connectivity index (χ2n) is 2.47. The number of halogens is 3. The van der Waals surface area contributed by atoms with Gasteiger partial charge in [0, 0.05) is 6.07 Å². The minimum atomic E-state index is -4.87. The van der Waals surface area contributed by atoms with E-state index in [1.165, 1.54) is 0 Å². The highest BCUT2D eigenvalue weighted by molar-refractivity contribution is 5.45. The van der Waals surface area contributed by atoms with Gasteiger partial charge < -0.3 is 14.9 Å². The highest BCUT2D eigenvalue weighted by Crippen LogP contribution is 2.40. The molecule has 1 heterocycles. The standard InChI is InChI=1S/C7H5F3N2O3/c1-15-4-2-3-11-6(12(13)14)5(4)7(8,9)10/h2-3H,1H3. The van der Waals surface area contributed by atoms with E-state index in [4.69, 9.17) is 0 Å². The van der Waals surface area contributed by atoms with Crippen LogP contribution in [0.15, 0.2) is 12.3 Å². The molecule has 0 atom stereocenters. The maximum absolute atomic E-state index is 12.4.